The van der Waals surface area contributed by atoms with Crippen LogP contribution in [0.2, 0.25) is 0 Å². The van der Waals surface area contributed by atoms with Gasteiger partial charge in [-0.15, -0.1) is 0 Å². The minimum atomic E-state index is -3.82. The van der Waals surface area contributed by atoms with Gasteiger partial charge in [0, 0.05) is 36.3 Å². The van der Waals surface area contributed by atoms with Crippen LogP contribution in [0.3, 0.4) is 0 Å². The lowest BCUT2D eigenvalue weighted by molar-refractivity contribution is 0.0934. The summed E-state index contributed by atoms with van der Waals surface area (Å²) in [6.45, 7) is 5.76. The van der Waals surface area contributed by atoms with Crippen LogP contribution in [0.1, 0.15) is 30.6 Å². The minimum absolute atomic E-state index is 0.0759. The van der Waals surface area contributed by atoms with E-state index in [9.17, 15) is 13.2 Å². The summed E-state index contributed by atoms with van der Waals surface area (Å²) in [4.78, 5) is 14.6. The van der Waals surface area contributed by atoms with Crippen LogP contribution in [0.5, 0.6) is 11.5 Å². The number of rotatable bonds is 8. The SMILES string of the molecule is CC(C)C(CNC(=O)c1ccc(NS(=O)(=O)c2ccc3c(c2)OCCCO3)cc1)N(C)C. The number of sulfonamides is 1. The number of hydrogen-bond acceptors (Lipinski definition) is 6. The molecule has 0 aromatic heterocycles. The zero-order chi connectivity index (χ0) is 23.3. The van der Waals surface area contributed by atoms with Crippen LogP contribution in [-0.2, 0) is 10.0 Å². The van der Waals surface area contributed by atoms with Crippen molar-refractivity contribution in [1.29, 1.82) is 0 Å². The number of anilines is 1. The average Bonchev–Trinajstić information content (AvgIpc) is 2.98. The van der Waals surface area contributed by atoms with Crippen molar-refractivity contribution < 1.29 is 22.7 Å². The molecule has 0 radical (unpaired) electrons. The molecule has 1 heterocycles. The van der Waals surface area contributed by atoms with Crippen LogP contribution in [-0.4, -0.2) is 59.1 Å². The Labute approximate surface area is 190 Å². The molecule has 2 N–H and O–H groups in total. The Hall–Kier alpha value is -2.78. The van der Waals surface area contributed by atoms with E-state index in [0.29, 0.717) is 48.4 Å². The molecular formula is C23H31N3O5S. The maximum absolute atomic E-state index is 12.8. The lowest BCUT2D eigenvalue weighted by Crippen LogP contribution is -2.43. The van der Waals surface area contributed by atoms with Crippen LogP contribution < -0.4 is 19.5 Å². The van der Waals surface area contributed by atoms with Crippen molar-refractivity contribution >= 4 is 21.6 Å². The molecule has 1 aliphatic rings. The number of carbonyl (C=O) groups excluding carboxylic acids is 1. The number of carbonyl (C=O) groups is 1. The molecule has 0 bridgehead atoms. The predicted octanol–water partition coefficient (Wildman–Crippen LogP) is 2.96. The summed E-state index contributed by atoms with van der Waals surface area (Å²) >= 11 is 0. The molecule has 1 unspecified atom stereocenters. The second-order valence-electron chi connectivity index (χ2n) is 8.33. The first-order chi connectivity index (χ1) is 15.2. The van der Waals surface area contributed by atoms with Gasteiger partial charge in [-0.05, 0) is 56.4 Å². The molecular weight excluding hydrogens is 430 g/mol. The third-order valence-electron chi connectivity index (χ3n) is 5.33. The molecule has 1 aliphatic heterocycles. The molecule has 2 aromatic carbocycles. The van der Waals surface area contributed by atoms with Gasteiger partial charge in [-0.2, -0.15) is 0 Å². The first-order valence-corrected chi connectivity index (χ1v) is 12.1. The molecule has 174 valence electrons. The Kier molecular flexibility index (Phi) is 7.63. The molecule has 0 saturated heterocycles. The van der Waals surface area contributed by atoms with Crippen LogP contribution in [0, 0.1) is 5.92 Å². The normalized spacial score (nSPS) is 14.7. The van der Waals surface area contributed by atoms with Gasteiger partial charge in [-0.3, -0.25) is 9.52 Å². The van der Waals surface area contributed by atoms with Gasteiger partial charge in [-0.1, -0.05) is 13.8 Å². The zero-order valence-electron chi connectivity index (χ0n) is 18.9. The van der Waals surface area contributed by atoms with Gasteiger partial charge in [0.05, 0.1) is 18.1 Å². The first-order valence-electron chi connectivity index (χ1n) is 10.6. The Balaban J connectivity index is 1.66. The lowest BCUT2D eigenvalue weighted by atomic mass is 10.0. The monoisotopic (exact) mass is 461 g/mol. The number of likely N-dealkylation sites (N-methyl/N-ethyl adjacent to an activating group) is 1. The maximum Gasteiger partial charge on any atom is 0.262 e. The third kappa shape index (κ3) is 5.92. The first kappa shape index (κ1) is 23.9. The molecule has 0 spiro atoms. The highest BCUT2D eigenvalue weighted by atomic mass is 32.2. The van der Waals surface area contributed by atoms with Crippen LogP contribution in [0.15, 0.2) is 47.4 Å². The van der Waals surface area contributed by atoms with Gasteiger partial charge in [-0.25, -0.2) is 8.42 Å². The number of ether oxygens (including phenoxy) is 2. The second-order valence-corrected chi connectivity index (χ2v) is 10.0. The topological polar surface area (TPSA) is 97.0 Å². The van der Waals surface area contributed by atoms with Crippen LogP contribution in [0.25, 0.3) is 0 Å². The number of amides is 1. The Morgan fingerprint density at radius 3 is 2.31 bits per heavy atom. The Morgan fingerprint density at radius 2 is 1.69 bits per heavy atom. The van der Waals surface area contributed by atoms with Crippen molar-refractivity contribution in [3.8, 4) is 11.5 Å². The van der Waals surface area contributed by atoms with Crippen molar-refractivity contribution in [2.24, 2.45) is 5.92 Å². The number of nitrogens with zero attached hydrogens (tertiary/aromatic N) is 1. The van der Waals surface area contributed by atoms with Gasteiger partial charge >= 0.3 is 0 Å². The highest BCUT2D eigenvalue weighted by Crippen LogP contribution is 2.32. The number of nitrogens with one attached hydrogen (secondary N) is 2. The zero-order valence-corrected chi connectivity index (χ0v) is 19.7. The summed E-state index contributed by atoms with van der Waals surface area (Å²) in [6.07, 6.45) is 0.738. The molecule has 2 aromatic rings. The predicted molar refractivity (Wildman–Crippen MR) is 124 cm³/mol. The highest BCUT2D eigenvalue weighted by molar-refractivity contribution is 7.92. The highest BCUT2D eigenvalue weighted by Gasteiger charge is 2.20. The van der Waals surface area contributed by atoms with Gasteiger partial charge in [0.1, 0.15) is 0 Å². The molecule has 9 heteroatoms. The second kappa shape index (κ2) is 10.2. The largest absolute Gasteiger partial charge is 0.490 e. The fourth-order valence-electron chi connectivity index (χ4n) is 3.53. The molecule has 1 atom stereocenters. The van der Waals surface area contributed by atoms with Gasteiger partial charge in [0.2, 0.25) is 0 Å². The summed E-state index contributed by atoms with van der Waals surface area (Å²) in [5, 5.41) is 2.94. The molecule has 8 nitrogen and oxygen atoms in total. The van der Waals surface area contributed by atoms with E-state index < -0.39 is 10.0 Å². The fraction of sp³-hybridized carbons (Fsp3) is 0.435. The van der Waals surface area contributed by atoms with E-state index in [2.05, 4.69) is 28.8 Å². The summed E-state index contributed by atoms with van der Waals surface area (Å²) in [6, 6.07) is 11.1. The average molecular weight is 462 g/mol. The molecule has 1 amide bonds. The van der Waals surface area contributed by atoms with E-state index in [1.807, 2.05) is 14.1 Å². The van der Waals surface area contributed by atoms with Crippen molar-refractivity contribution in [2.45, 2.75) is 31.2 Å². The van der Waals surface area contributed by atoms with E-state index in [1.165, 1.54) is 12.1 Å². The fourth-order valence-corrected chi connectivity index (χ4v) is 4.60. The smallest absolute Gasteiger partial charge is 0.262 e. The van der Waals surface area contributed by atoms with Crippen molar-refractivity contribution in [1.82, 2.24) is 10.2 Å². The van der Waals surface area contributed by atoms with Gasteiger partial charge < -0.3 is 19.7 Å². The minimum Gasteiger partial charge on any atom is -0.490 e. The van der Waals surface area contributed by atoms with Crippen molar-refractivity contribution in [3.63, 3.8) is 0 Å². The van der Waals surface area contributed by atoms with E-state index in [1.54, 1.807) is 30.3 Å². The molecule has 0 aliphatic carbocycles. The van der Waals surface area contributed by atoms with Crippen molar-refractivity contribution in [3.05, 3.63) is 48.0 Å². The summed E-state index contributed by atoms with van der Waals surface area (Å²) in [5.41, 5.74) is 0.826. The Bertz CT molecular complexity index is 1030. The van der Waals surface area contributed by atoms with Gasteiger partial charge in [0.25, 0.3) is 15.9 Å². The number of hydrogen-bond donors (Lipinski definition) is 2. The Morgan fingerprint density at radius 1 is 1.03 bits per heavy atom. The van der Waals surface area contributed by atoms with Crippen LogP contribution >= 0.6 is 0 Å². The quantitative estimate of drug-likeness (QED) is 0.627. The molecule has 0 fully saturated rings. The van der Waals surface area contributed by atoms with E-state index in [0.717, 1.165) is 6.42 Å². The third-order valence-corrected chi connectivity index (χ3v) is 6.71. The van der Waals surface area contributed by atoms with E-state index in [4.69, 9.17) is 9.47 Å². The molecule has 3 rings (SSSR count). The summed E-state index contributed by atoms with van der Waals surface area (Å²) in [7, 11) is 0.150. The number of fused-ring (bicyclic) bond motifs is 1. The summed E-state index contributed by atoms with van der Waals surface area (Å²) < 4.78 is 39.3. The van der Waals surface area contributed by atoms with Crippen LogP contribution in [0.4, 0.5) is 5.69 Å². The van der Waals surface area contributed by atoms with E-state index >= 15 is 0 Å². The maximum atomic E-state index is 12.8. The van der Waals surface area contributed by atoms with Crippen molar-refractivity contribution in [2.75, 3.05) is 38.6 Å². The van der Waals surface area contributed by atoms with Gasteiger partial charge in [0.15, 0.2) is 11.5 Å². The number of benzene rings is 2. The molecule has 0 saturated carbocycles. The lowest BCUT2D eigenvalue weighted by Gasteiger charge is -2.28. The summed E-state index contributed by atoms with van der Waals surface area (Å²) in [5.74, 6) is 1.14. The van der Waals surface area contributed by atoms with E-state index in [-0.39, 0.29) is 16.8 Å². The standard InChI is InChI=1S/C23H31N3O5S/c1-16(2)20(26(3)4)15-24-23(27)17-6-8-18(9-7-17)25-32(28,29)19-10-11-21-22(14-19)31-13-5-12-30-21/h6-11,14,16,20,25H,5,12-13,15H2,1-4H3,(H,24,27). The molecule has 32 heavy (non-hydrogen) atoms.